The first-order valence-corrected chi connectivity index (χ1v) is 5.13. The van der Waals surface area contributed by atoms with Crippen molar-refractivity contribution in [2.45, 2.75) is 40.0 Å². The summed E-state index contributed by atoms with van der Waals surface area (Å²) in [6, 6.07) is 10.8. The molecule has 1 aromatic carbocycles. The number of hydrogen-bond donors (Lipinski definition) is 0. The van der Waals surface area contributed by atoms with E-state index in [-0.39, 0.29) is 0 Å². The second-order valence-electron chi connectivity index (χ2n) is 4.47. The van der Waals surface area contributed by atoms with Gasteiger partial charge in [-0.15, -0.1) is 0 Å². The van der Waals surface area contributed by atoms with Crippen LogP contribution in [0.3, 0.4) is 0 Å². The van der Waals surface area contributed by atoms with E-state index in [1.807, 2.05) is 0 Å². The minimum Gasteiger partial charge on any atom is -0.0649 e. The molecule has 0 saturated heterocycles. The first kappa shape index (κ1) is 10.3. The Morgan fingerprint density at radius 1 is 1.15 bits per heavy atom. The summed E-state index contributed by atoms with van der Waals surface area (Å²) in [5, 5.41) is 0. The predicted molar refractivity (Wildman–Crippen MR) is 58.9 cm³/mol. The van der Waals surface area contributed by atoms with E-state index in [1.54, 1.807) is 0 Å². The lowest BCUT2D eigenvalue weighted by Crippen LogP contribution is -2.18. The van der Waals surface area contributed by atoms with Crippen molar-refractivity contribution >= 4 is 0 Å². The largest absolute Gasteiger partial charge is 0.0649 e. The summed E-state index contributed by atoms with van der Waals surface area (Å²) in [7, 11) is 0. The minimum absolute atomic E-state index is 0.404. The van der Waals surface area contributed by atoms with Crippen molar-refractivity contribution in [1.29, 1.82) is 0 Å². The molecule has 0 saturated carbocycles. The maximum Gasteiger partial charge on any atom is -0.0139 e. The van der Waals surface area contributed by atoms with E-state index in [4.69, 9.17) is 0 Å². The highest BCUT2D eigenvalue weighted by Gasteiger charge is 2.24. The number of rotatable bonds is 3. The van der Waals surface area contributed by atoms with Gasteiger partial charge in [-0.05, 0) is 16.9 Å². The lowest BCUT2D eigenvalue weighted by atomic mass is 9.74. The average molecular weight is 176 g/mol. The van der Waals surface area contributed by atoms with Crippen LogP contribution in [-0.2, 0) is 0 Å². The molecule has 0 aliphatic carbocycles. The first-order valence-electron chi connectivity index (χ1n) is 5.13. The molecular formula is C13H20. The van der Waals surface area contributed by atoms with Gasteiger partial charge in [0.1, 0.15) is 0 Å². The van der Waals surface area contributed by atoms with Crippen molar-refractivity contribution in [2.75, 3.05) is 0 Å². The third-order valence-corrected chi connectivity index (χ3v) is 3.38. The van der Waals surface area contributed by atoms with Crippen molar-refractivity contribution in [3.63, 3.8) is 0 Å². The van der Waals surface area contributed by atoms with E-state index in [1.165, 1.54) is 12.0 Å². The quantitative estimate of drug-likeness (QED) is 0.646. The summed E-state index contributed by atoms with van der Waals surface area (Å²) >= 11 is 0. The van der Waals surface area contributed by atoms with E-state index in [0.717, 1.165) is 0 Å². The van der Waals surface area contributed by atoms with Gasteiger partial charge in [0.2, 0.25) is 0 Å². The summed E-state index contributed by atoms with van der Waals surface area (Å²) in [6.07, 6.45) is 1.23. The van der Waals surface area contributed by atoms with E-state index < -0.39 is 0 Å². The summed E-state index contributed by atoms with van der Waals surface area (Å²) in [6.45, 7) is 9.26. The third kappa shape index (κ3) is 2.33. The molecule has 0 bridgehead atoms. The fourth-order valence-electron chi connectivity index (χ4n) is 1.50. The van der Waals surface area contributed by atoms with E-state index in [2.05, 4.69) is 58.0 Å². The molecule has 0 aromatic heterocycles. The fourth-order valence-corrected chi connectivity index (χ4v) is 1.50. The molecule has 0 radical (unpaired) electrons. The summed E-state index contributed by atoms with van der Waals surface area (Å²) in [5.74, 6) is 0.638. The van der Waals surface area contributed by atoms with Gasteiger partial charge in [-0.1, -0.05) is 64.4 Å². The van der Waals surface area contributed by atoms with Crippen LogP contribution in [-0.4, -0.2) is 0 Å². The smallest absolute Gasteiger partial charge is 0.0139 e. The van der Waals surface area contributed by atoms with Crippen molar-refractivity contribution in [3.8, 4) is 0 Å². The molecule has 0 spiro atoms. The van der Waals surface area contributed by atoms with E-state index in [0.29, 0.717) is 11.3 Å². The molecule has 0 nitrogen and oxygen atoms in total. The zero-order valence-corrected chi connectivity index (χ0v) is 9.17. The Labute approximate surface area is 82.0 Å². The summed E-state index contributed by atoms with van der Waals surface area (Å²) in [5.41, 5.74) is 1.86. The Hall–Kier alpha value is -0.780. The van der Waals surface area contributed by atoms with Crippen LogP contribution < -0.4 is 0 Å². The zero-order chi connectivity index (χ0) is 9.90. The first-order chi connectivity index (χ1) is 6.08. The molecule has 0 aliphatic rings. The molecular weight excluding hydrogens is 156 g/mol. The van der Waals surface area contributed by atoms with Crippen molar-refractivity contribution in [1.82, 2.24) is 0 Å². The van der Waals surface area contributed by atoms with Gasteiger partial charge < -0.3 is 0 Å². The second-order valence-corrected chi connectivity index (χ2v) is 4.47. The van der Waals surface area contributed by atoms with Gasteiger partial charge in [0.05, 0.1) is 0 Å². The van der Waals surface area contributed by atoms with Crippen LogP contribution in [0, 0.1) is 5.41 Å². The Kier molecular flexibility index (Phi) is 3.13. The van der Waals surface area contributed by atoms with Crippen LogP contribution in [0.4, 0.5) is 0 Å². The molecule has 13 heavy (non-hydrogen) atoms. The van der Waals surface area contributed by atoms with Gasteiger partial charge in [0.15, 0.2) is 0 Å². The van der Waals surface area contributed by atoms with Gasteiger partial charge in [-0.25, -0.2) is 0 Å². The van der Waals surface area contributed by atoms with Crippen LogP contribution in [0.15, 0.2) is 30.3 Å². The molecule has 1 atom stereocenters. The second kappa shape index (κ2) is 3.95. The SMILES string of the molecule is CCC(C)(C)C(C)c1ccccc1. The van der Waals surface area contributed by atoms with Crippen molar-refractivity contribution in [2.24, 2.45) is 5.41 Å². The van der Waals surface area contributed by atoms with E-state index >= 15 is 0 Å². The third-order valence-electron chi connectivity index (χ3n) is 3.38. The normalized spacial score (nSPS) is 14.2. The Balaban J connectivity index is 2.85. The number of hydrogen-bond acceptors (Lipinski definition) is 0. The van der Waals surface area contributed by atoms with Crippen LogP contribution in [0.1, 0.15) is 45.6 Å². The highest BCUT2D eigenvalue weighted by Crippen LogP contribution is 2.37. The highest BCUT2D eigenvalue weighted by molar-refractivity contribution is 5.20. The van der Waals surface area contributed by atoms with Crippen LogP contribution in [0.25, 0.3) is 0 Å². The van der Waals surface area contributed by atoms with Gasteiger partial charge in [0, 0.05) is 0 Å². The molecule has 0 N–H and O–H groups in total. The Morgan fingerprint density at radius 2 is 1.69 bits per heavy atom. The topological polar surface area (TPSA) is 0 Å². The molecule has 0 fully saturated rings. The summed E-state index contributed by atoms with van der Waals surface area (Å²) in [4.78, 5) is 0. The van der Waals surface area contributed by atoms with Gasteiger partial charge in [0.25, 0.3) is 0 Å². The fraction of sp³-hybridized carbons (Fsp3) is 0.538. The van der Waals surface area contributed by atoms with Crippen LogP contribution in [0.5, 0.6) is 0 Å². The molecule has 72 valence electrons. The highest BCUT2D eigenvalue weighted by atomic mass is 14.3. The van der Waals surface area contributed by atoms with Crippen LogP contribution in [0.2, 0.25) is 0 Å². The van der Waals surface area contributed by atoms with E-state index in [9.17, 15) is 0 Å². The average Bonchev–Trinajstić information content (AvgIpc) is 2.18. The lowest BCUT2D eigenvalue weighted by molar-refractivity contribution is 0.289. The minimum atomic E-state index is 0.404. The van der Waals surface area contributed by atoms with Gasteiger partial charge >= 0.3 is 0 Å². The standard InChI is InChI=1S/C13H20/c1-5-13(3,4)11(2)12-9-7-6-8-10-12/h6-11H,5H2,1-4H3. The molecule has 0 heteroatoms. The molecule has 0 heterocycles. The molecule has 0 amide bonds. The molecule has 1 unspecified atom stereocenters. The van der Waals surface area contributed by atoms with Crippen LogP contribution >= 0.6 is 0 Å². The van der Waals surface area contributed by atoms with Gasteiger partial charge in [-0.2, -0.15) is 0 Å². The monoisotopic (exact) mass is 176 g/mol. The van der Waals surface area contributed by atoms with Crippen molar-refractivity contribution < 1.29 is 0 Å². The molecule has 1 aromatic rings. The number of benzene rings is 1. The Morgan fingerprint density at radius 3 is 2.15 bits per heavy atom. The predicted octanol–water partition coefficient (Wildman–Crippen LogP) is 4.23. The maximum absolute atomic E-state index is 2.34. The molecule has 0 aliphatic heterocycles. The van der Waals surface area contributed by atoms with Gasteiger partial charge in [-0.3, -0.25) is 0 Å². The summed E-state index contributed by atoms with van der Waals surface area (Å²) < 4.78 is 0. The molecule has 1 rings (SSSR count). The van der Waals surface area contributed by atoms with Crippen molar-refractivity contribution in [3.05, 3.63) is 35.9 Å². The maximum atomic E-state index is 2.34. The zero-order valence-electron chi connectivity index (χ0n) is 9.17. The lowest BCUT2D eigenvalue weighted by Gasteiger charge is -2.31. The Bertz CT molecular complexity index is 246.